The van der Waals surface area contributed by atoms with Crippen LogP contribution in [0.15, 0.2) is 42.5 Å². The van der Waals surface area contributed by atoms with Crippen molar-refractivity contribution in [1.29, 1.82) is 0 Å². The van der Waals surface area contributed by atoms with E-state index in [4.69, 9.17) is 9.47 Å². The molecule has 2 rings (SSSR count). The molecule has 94 valence electrons. The first kappa shape index (κ1) is 12.4. The van der Waals surface area contributed by atoms with Gasteiger partial charge in [0.1, 0.15) is 12.4 Å². The van der Waals surface area contributed by atoms with Crippen LogP contribution in [0.25, 0.3) is 5.76 Å². The minimum Gasteiger partial charge on any atom is -0.488 e. The molecule has 3 nitrogen and oxygen atoms in total. The van der Waals surface area contributed by atoms with Gasteiger partial charge in [0.05, 0.1) is 12.2 Å². The van der Waals surface area contributed by atoms with Gasteiger partial charge >= 0.3 is 5.97 Å². The Labute approximate surface area is 107 Å². The summed E-state index contributed by atoms with van der Waals surface area (Å²) >= 11 is 0. The van der Waals surface area contributed by atoms with Crippen molar-refractivity contribution >= 4 is 11.7 Å². The van der Waals surface area contributed by atoms with E-state index in [9.17, 15) is 4.79 Å². The number of benzene rings is 1. The van der Waals surface area contributed by atoms with E-state index in [0.717, 1.165) is 11.1 Å². The minimum atomic E-state index is -0.330. The summed E-state index contributed by atoms with van der Waals surface area (Å²) in [6, 6.07) is 7.85. The molecule has 0 aliphatic carbocycles. The summed E-state index contributed by atoms with van der Waals surface area (Å²) in [5.41, 5.74) is 2.61. The third kappa shape index (κ3) is 2.30. The number of fused-ring (bicyclic) bond motifs is 1. The molecule has 0 fully saturated rings. The van der Waals surface area contributed by atoms with Crippen LogP contribution in [0.4, 0.5) is 0 Å². The van der Waals surface area contributed by atoms with Gasteiger partial charge < -0.3 is 9.47 Å². The van der Waals surface area contributed by atoms with Crippen molar-refractivity contribution in [2.75, 3.05) is 6.61 Å². The summed E-state index contributed by atoms with van der Waals surface area (Å²) in [5, 5.41) is 0. The molecule has 3 heteroatoms. The molecule has 0 radical (unpaired) electrons. The predicted octanol–water partition coefficient (Wildman–Crippen LogP) is 3.07. The number of rotatable bonds is 4. The normalized spacial score (nSPS) is 15.6. The fourth-order valence-electron chi connectivity index (χ4n) is 1.98. The van der Waals surface area contributed by atoms with Gasteiger partial charge in [-0.25, -0.2) is 4.79 Å². The van der Waals surface area contributed by atoms with Crippen LogP contribution in [0.1, 0.15) is 24.5 Å². The summed E-state index contributed by atoms with van der Waals surface area (Å²) in [6.45, 7) is 6.32. The van der Waals surface area contributed by atoms with Crippen molar-refractivity contribution in [2.24, 2.45) is 0 Å². The minimum absolute atomic E-state index is 0.330. The Morgan fingerprint density at radius 1 is 1.50 bits per heavy atom. The first-order valence-corrected chi connectivity index (χ1v) is 6.00. The number of ether oxygens (including phenoxy) is 2. The quantitative estimate of drug-likeness (QED) is 0.464. The van der Waals surface area contributed by atoms with Crippen molar-refractivity contribution in [3.05, 3.63) is 53.6 Å². The van der Waals surface area contributed by atoms with Crippen molar-refractivity contribution in [3.8, 4) is 0 Å². The second-order valence-electron chi connectivity index (χ2n) is 3.97. The van der Waals surface area contributed by atoms with Gasteiger partial charge in [0, 0.05) is 17.5 Å². The molecule has 0 atom stereocenters. The molecule has 0 amide bonds. The SMILES string of the molecule is C=CC/C(C(=O)OCC)=C1\OCc2ccccc21. The van der Waals surface area contributed by atoms with E-state index in [0.29, 0.717) is 31.0 Å². The second-order valence-corrected chi connectivity index (χ2v) is 3.97. The van der Waals surface area contributed by atoms with E-state index in [1.165, 1.54) is 0 Å². The predicted molar refractivity (Wildman–Crippen MR) is 69.6 cm³/mol. The number of carbonyl (C=O) groups is 1. The van der Waals surface area contributed by atoms with Crippen LogP contribution >= 0.6 is 0 Å². The Hall–Kier alpha value is -2.03. The molecule has 1 aliphatic heterocycles. The number of carbonyl (C=O) groups excluding carboxylic acids is 1. The Kier molecular flexibility index (Phi) is 3.82. The topological polar surface area (TPSA) is 35.5 Å². The van der Waals surface area contributed by atoms with Crippen LogP contribution in [0, 0.1) is 0 Å². The van der Waals surface area contributed by atoms with Crippen LogP contribution in [0.2, 0.25) is 0 Å². The molecule has 1 aromatic carbocycles. The van der Waals surface area contributed by atoms with Gasteiger partial charge in [0.2, 0.25) is 0 Å². The summed E-state index contributed by atoms with van der Waals surface area (Å²) in [6.07, 6.45) is 2.13. The molecular weight excluding hydrogens is 228 g/mol. The Balaban J connectivity index is 2.43. The smallest absolute Gasteiger partial charge is 0.338 e. The highest BCUT2D eigenvalue weighted by atomic mass is 16.5. The van der Waals surface area contributed by atoms with Gasteiger partial charge in [0.25, 0.3) is 0 Å². The lowest BCUT2D eigenvalue weighted by Gasteiger charge is -2.09. The van der Waals surface area contributed by atoms with Gasteiger partial charge in [-0.2, -0.15) is 0 Å². The molecule has 0 spiro atoms. The molecule has 1 heterocycles. The summed E-state index contributed by atoms with van der Waals surface area (Å²) in [7, 11) is 0. The molecule has 0 aromatic heterocycles. The Morgan fingerprint density at radius 3 is 3.00 bits per heavy atom. The fourth-order valence-corrected chi connectivity index (χ4v) is 1.98. The van der Waals surface area contributed by atoms with Crippen LogP contribution < -0.4 is 0 Å². The highest BCUT2D eigenvalue weighted by molar-refractivity contribution is 5.97. The fraction of sp³-hybridized carbons (Fsp3) is 0.267. The maximum atomic E-state index is 11.9. The molecule has 0 bridgehead atoms. The zero-order valence-corrected chi connectivity index (χ0v) is 10.4. The summed E-state index contributed by atoms with van der Waals surface area (Å²) in [4.78, 5) is 11.9. The molecule has 0 saturated heterocycles. The van der Waals surface area contributed by atoms with Crippen LogP contribution in [0.5, 0.6) is 0 Å². The average molecular weight is 244 g/mol. The van der Waals surface area contributed by atoms with E-state index in [-0.39, 0.29) is 5.97 Å². The van der Waals surface area contributed by atoms with E-state index < -0.39 is 0 Å². The van der Waals surface area contributed by atoms with Crippen LogP contribution in [-0.4, -0.2) is 12.6 Å². The second kappa shape index (κ2) is 5.54. The summed E-state index contributed by atoms with van der Waals surface area (Å²) < 4.78 is 10.7. The van der Waals surface area contributed by atoms with Crippen molar-refractivity contribution in [2.45, 2.75) is 20.0 Å². The molecule has 0 unspecified atom stereocenters. The highest BCUT2D eigenvalue weighted by Crippen LogP contribution is 2.33. The first-order valence-electron chi connectivity index (χ1n) is 6.00. The van der Waals surface area contributed by atoms with E-state index in [2.05, 4.69) is 6.58 Å². The van der Waals surface area contributed by atoms with E-state index in [1.54, 1.807) is 13.0 Å². The maximum Gasteiger partial charge on any atom is 0.338 e. The van der Waals surface area contributed by atoms with Gasteiger partial charge in [0.15, 0.2) is 0 Å². The molecule has 0 N–H and O–H groups in total. The monoisotopic (exact) mass is 244 g/mol. The van der Waals surface area contributed by atoms with E-state index in [1.807, 2.05) is 24.3 Å². The van der Waals surface area contributed by atoms with Crippen molar-refractivity contribution in [3.63, 3.8) is 0 Å². The molecule has 0 saturated carbocycles. The molecular formula is C15H16O3. The maximum absolute atomic E-state index is 11.9. The Bertz CT molecular complexity index is 500. The number of hydrogen-bond donors (Lipinski definition) is 0. The van der Waals surface area contributed by atoms with Gasteiger partial charge in [-0.3, -0.25) is 0 Å². The van der Waals surface area contributed by atoms with Gasteiger partial charge in [-0.15, -0.1) is 6.58 Å². The number of allylic oxidation sites excluding steroid dienone is 1. The van der Waals surface area contributed by atoms with Crippen molar-refractivity contribution < 1.29 is 14.3 Å². The van der Waals surface area contributed by atoms with Gasteiger partial charge in [-0.1, -0.05) is 30.3 Å². The number of hydrogen-bond acceptors (Lipinski definition) is 3. The lowest BCUT2D eigenvalue weighted by Crippen LogP contribution is -2.09. The van der Waals surface area contributed by atoms with Crippen molar-refractivity contribution in [1.82, 2.24) is 0 Å². The average Bonchev–Trinajstić information content (AvgIpc) is 2.80. The molecule has 1 aliphatic rings. The van der Waals surface area contributed by atoms with Gasteiger partial charge in [-0.05, 0) is 6.92 Å². The lowest BCUT2D eigenvalue weighted by atomic mass is 10.0. The summed E-state index contributed by atoms with van der Waals surface area (Å²) in [5.74, 6) is 0.299. The molecule has 18 heavy (non-hydrogen) atoms. The Morgan fingerprint density at radius 2 is 2.28 bits per heavy atom. The first-order chi connectivity index (χ1) is 8.77. The van der Waals surface area contributed by atoms with E-state index >= 15 is 0 Å². The highest BCUT2D eigenvalue weighted by Gasteiger charge is 2.24. The van der Waals surface area contributed by atoms with Crippen LogP contribution in [-0.2, 0) is 20.9 Å². The molecule has 1 aromatic rings. The largest absolute Gasteiger partial charge is 0.488 e. The number of esters is 1. The zero-order valence-electron chi connectivity index (χ0n) is 10.4. The third-order valence-corrected chi connectivity index (χ3v) is 2.78. The van der Waals surface area contributed by atoms with Crippen LogP contribution in [0.3, 0.4) is 0 Å². The zero-order chi connectivity index (χ0) is 13.0. The lowest BCUT2D eigenvalue weighted by molar-refractivity contribution is -0.138. The third-order valence-electron chi connectivity index (χ3n) is 2.78. The standard InChI is InChI=1S/C15H16O3/c1-3-7-13(15(16)17-4-2)14-12-9-6-5-8-11(12)10-18-14/h3,5-6,8-9H,1,4,7,10H2,2H3/b14-13+.